The van der Waals surface area contributed by atoms with Gasteiger partial charge in [-0.2, -0.15) is 0 Å². The van der Waals surface area contributed by atoms with Gasteiger partial charge in [0.05, 0.1) is 0 Å². The van der Waals surface area contributed by atoms with Gasteiger partial charge in [0, 0.05) is 12.0 Å². The molecule has 1 aromatic rings. The van der Waals surface area contributed by atoms with Crippen molar-refractivity contribution in [3.05, 3.63) is 48.0 Å². The molecule has 1 heterocycles. The number of rotatable bonds is 1. The number of benzene rings is 1. The van der Waals surface area contributed by atoms with Gasteiger partial charge in [0.25, 0.3) is 0 Å². The zero-order valence-electron chi connectivity index (χ0n) is 8.01. The molecule has 2 heteroatoms. The van der Waals surface area contributed by atoms with Gasteiger partial charge in [0.15, 0.2) is 0 Å². The number of carbonyl (C=O) groups excluding carboxylic acids is 1. The van der Waals surface area contributed by atoms with Crippen molar-refractivity contribution in [1.29, 1.82) is 0 Å². The predicted octanol–water partition coefficient (Wildman–Crippen LogP) is 2.48. The van der Waals surface area contributed by atoms with Crippen LogP contribution in [0.5, 0.6) is 0 Å². The lowest BCUT2D eigenvalue weighted by Gasteiger charge is -2.24. The van der Waals surface area contributed by atoms with E-state index in [4.69, 9.17) is 4.74 Å². The molecule has 0 spiro atoms. The molecular formula is C12H12O2. The second-order valence-corrected chi connectivity index (χ2v) is 3.49. The van der Waals surface area contributed by atoms with E-state index in [1.807, 2.05) is 43.3 Å². The maximum Gasteiger partial charge on any atom is 0.331 e. The van der Waals surface area contributed by atoms with Crippen LogP contribution in [0.2, 0.25) is 0 Å². The van der Waals surface area contributed by atoms with Crippen molar-refractivity contribution >= 4 is 5.97 Å². The standard InChI is InChI=1S/C12H12O2/c1-9-7-8-11(13)14-12(9)10-5-3-2-4-6-10/h2-9,12H,1H3/t9-,12-/m0/s1. The minimum Gasteiger partial charge on any atom is -0.454 e. The zero-order chi connectivity index (χ0) is 9.97. The van der Waals surface area contributed by atoms with Crippen LogP contribution in [-0.4, -0.2) is 5.97 Å². The molecule has 2 nitrogen and oxygen atoms in total. The van der Waals surface area contributed by atoms with Crippen LogP contribution in [0.15, 0.2) is 42.5 Å². The lowest BCUT2D eigenvalue weighted by molar-refractivity contribution is -0.146. The largest absolute Gasteiger partial charge is 0.454 e. The monoisotopic (exact) mass is 188 g/mol. The fourth-order valence-electron chi connectivity index (χ4n) is 1.62. The summed E-state index contributed by atoms with van der Waals surface area (Å²) in [6.45, 7) is 2.04. The van der Waals surface area contributed by atoms with Crippen molar-refractivity contribution in [3.63, 3.8) is 0 Å². The molecule has 0 aromatic heterocycles. The molecule has 2 atom stereocenters. The number of cyclic esters (lactones) is 1. The van der Waals surface area contributed by atoms with Crippen molar-refractivity contribution in [2.75, 3.05) is 0 Å². The topological polar surface area (TPSA) is 26.3 Å². The Hall–Kier alpha value is -1.57. The van der Waals surface area contributed by atoms with E-state index < -0.39 is 0 Å². The first-order valence-electron chi connectivity index (χ1n) is 4.71. The van der Waals surface area contributed by atoms with Crippen molar-refractivity contribution < 1.29 is 9.53 Å². The highest BCUT2D eigenvalue weighted by molar-refractivity contribution is 5.83. The Morgan fingerprint density at radius 3 is 2.64 bits per heavy atom. The van der Waals surface area contributed by atoms with Gasteiger partial charge in [0.1, 0.15) is 6.10 Å². The molecule has 0 aliphatic carbocycles. The SMILES string of the molecule is C[C@H]1C=CC(=O)O[C@@H]1c1ccccc1. The van der Waals surface area contributed by atoms with Crippen LogP contribution in [0.25, 0.3) is 0 Å². The minimum atomic E-state index is -0.253. The molecule has 0 amide bonds. The zero-order valence-corrected chi connectivity index (χ0v) is 8.01. The molecule has 14 heavy (non-hydrogen) atoms. The fraction of sp³-hybridized carbons (Fsp3) is 0.250. The molecule has 1 aliphatic rings. The lowest BCUT2D eigenvalue weighted by Crippen LogP contribution is -2.19. The van der Waals surface area contributed by atoms with E-state index in [1.165, 1.54) is 6.08 Å². The summed E-state index contributed by atoms with van der Waals surface area (Å²) in [5.41, 5.74) is 1.05. The summed E-state index contributed by atoms with van der Waals surface area (Å²) >= 11 is 0. The van der Waals surface area contributed by atoms with Crippen molar-refractivity contribution in [2.24, 2.45) is 5.92 Å². The smallest absolute Gasteiger partial charge is 0.331 e. The minimum absolute atomic E-state index is 0.131. The van der Waals surface area contributed by atoms with Crippen molar-refractivity contribution in [2.45, 2.75) is 13.0 Å². The van der Waals surface area contributed by atoms with E-state index in [2.05, 4.69) is 0 Å². The molecule has 1 aliphatic heterocycles. The summed E-state index contributed by atoms with van der Waals surface area (Å²) in [4.78, 5) is 11.1. The molecule has 0 saturated heterocycles. The molecular weight excluding hydrogens is 176 g/mol. The van der Waals surface area contributed by atoms with Gasteiger partial charge in [-0.25, -0.2) is 4.79 Å². The quantitative estimate of drug-likeness (QED) is 0.633. The second-order valence-electron chi connectivity index (χ2n) is 3.49. The van der Waals surface area contributed by atoms with E-state index in [0.717, 1.165) is 5.56 Å². The number of carbonyl (C=O) groups is 1. The van der Waals surface area contributed by atoms with E-state index in [9.17, 15) is 4.79 Å². The fourth-order valence-corrected chi connectivity index (χ4v) is 1.62. The maximum absolute atomic E-state index is 11.1. The van der Waals surface area contributed by atoms with E-state index >= 15 is 0 Å². The normalized spacial score (nSPS) is 25.9. The highest BCUT2D eigenvalue weighted by atomic mass is 16.5. The average Bonchev–Trinajstić information content (AvgIpc) is 2.23. The van der Waals surface area contributed by atoms with Crippen LogP contribution in [0.1, 0.15) is 18.6 Å². The van der Waals surface area contributed by atoms with Crippen LogP contribution in [0.4, 0.5) is 0 Å². The lowest BCUT2D eigenvalue weighted by atomic mass is 9.95. The molecule has 0 unspecified atom stereocenters. The highest BCUT2D eigenvalue weighted by Crippen LogP contribution is 2.29. The number of hydrogen-bond donors (Lipinski definition) is 0. The Labute approximate surface area is 83.2 Å². The number of hydrogen-bond acceptors (Lipinski definition) is 2. The molecule has 1 aromatic carbocycles. The predicted molar refractivity (Wildman–Crippen MR) is 53.6 cm³/mol. The third kappa shape index (κ3) is 1.69. The first kappa shape index (κ1) is 9.00. The summed E-state index contributed by atoms with van der Waals surface area (Å²) in [5, 5.41) is 0. The molecule has 0 fully saturated rings. The Morgan fingerprint density at radius 1 is 1.21 bits per heavy atom. The Bertz CT molecular complexity index is 354. The number of esters is 1. The van der Waals surface area contributed by atoms with Gasteiger partial charge in [0.2, 0.25) is 0 Å². The van der Waals surface area contributed by atoms with Gasteiger partial charge in [-0.15, -0.1) is 0 Å². The van der Waals surface area contributed by atoms with Gasteiger partial charge in [-0.05, 0) is 5.56 Å². The first-order chi connectivity index (χ1) is 6.77. The van der Waals surface area contributed by atoms with Gasteiger partial charge in [-0.1, -0.05) is 43.3 Å². The van der Waals surface area contributed by atoms with Gasteiger partial charge >= 0.3 is 5.97 Å². The van der Waals surface area contributed by atoms with Crippen molar-refractivity contribution in [1.82, 2.24) is 0 Å². The van der Waals surface area contributed by atoms with Crippen LogP contribution < -0.4 is 0 Å². The Balaban J connectivity index is 2.27. The highest BCUT2D eigenvalue weighted by Gasteiger charge is 2.24. The molecule has 2 rings (SSSR count). The summed E-state index contributed by atoms with van der Waals surface area (Å²) < 4.78 is 5.26. The van der Waals surface area contributed by atoms with Crippen molar-refractivity contribution in [3.8, 4) is 0 Å². The van der Waals surface area contributed by atoms with E-state index in [0.29, 0.717) is 0 Å². The maximum atomic E-state index is 11.1. The molecule has 0 bridgehead atoms. The summed E-state index contributed by atoms with van der Waals surface area (Å²) in [5.74, 6) is -0.00736. The first-order valence-corrected chi connectivity index (χ1v) is 4.71. The van der Waals surface area contributed by atoms with Gasteiger partial charge in [-0.3, -0.25) is 0 Å². The van der Waals surface area contributed by atoms with E-state index in [-0.39, 0.29) is 18.0 Å². The Kier molecular flexibility index (Phi) is 2.35. The summed E-state index contributed by atoms with van der Waals surface area (Å²) in [6, 6.07) is 9.82. The van der Waals surface area contributed by atoms with E-state index in [1.54, 1.807) is 0 Å². The van der Waals surface area contributed by atoms with Crippen LogP contribution in [0, 0.1) is 5.92 Å². The second kappa shape index (κ2) is 3.66. The van der Waals surface area contributed by atoms with Crippen LogP contribution in [0.3, 0.4) is 0 Å². The van der Waals surface area contributed by atoms with Crippen LogP contribution in [-0.2, 0) is 9.53 Å². The third-order valence-corrected chi connectivity index (χ3v) is 2.38. The molecule has 72 valence electrons. The molecule has 0 N–H and O–H groups in total. The number of ether oxygens (including phenoxy) is 1. The third-order valence-electron chi connectivity index (χ3n) is 2.38. The Morgan fingerprint density at radius 2 is 1.93 bits per heavy atom. The van der Waals surface area contributed by atoms with Crippen LogP contribution >= 0.6 is 0 Å². The summed E-state index contributed by atoms with van der Waals surface area (Å²) in [7, 11) is 0. The molecule has 0 radical (unpaired) electrons. The van der Waals surface area contributed by atoms with Gasteiger partial charge < -0.3 is 4.74 Å². The average molecular weight is 188 g/mol. The molecule has 0 saturated carbocycles. The summed E-state index contributed by atoms with van der Waals surface area (Å²) in [6.07, 6.45) is 3.25.